The minimum Gasteiger partial charge on any atom is -0.498 e. The number of carbonyl (C=O) groups is 1. The van der Waals surface area contributed by atoms with Gasteiger partial charge in [0, 0.05) is 12.8 Å². The molecule has 0 aliphatic heterocycles. The van der Waals surface area contributed by atoms with Crippen LogP contribution >= 0.6 is 0 Å². The summed E-state index contributed by atoms with van der Waals surface area (Å²) < 4.78 is 10.3. The van der Waals surface area contributed by atoms with Gasteiger partial charge in [0.2, 0.25) is 0 Å². The summed E-state index contributed by atoms with van der Waals surface area (Å²) in [6.45, 7) is 12.0. The summed E-state index contributed by atoms with van der Waals surface area (Å²) in [6, 6.07) is 0. The van der Waals surface area contributed by atoms with Gasteiger partial charge in [-0.05, 0) is 12.8 Å². The minimum absolute atomic E-state index is 0.232. The van der Waals surface area contributed by atoms with Crippen molar-refractivity contribution in [3.8, 4) is 0 Å². The topological polar surface area (TPSA) is 35.5 Å². The molecule has 1 unspecified atom stereocenters. The molecule has 0 radical (unpaired) electrons. The minimum atomic E-state index is -0.244. The van der Waals surface area contributed by atoms with Gasteiger partial charge in [0.1, 0.15) is 0 Å². The van der Waals surface area contributed by atoms with Gasteiger partial charge in [0.15, 0.2) is 0 Å². The van der Waals surface area contributed by atoms with Gasteiger partial charge in [-0.1, -0.05) is 20.4 Å². The van der Waals surface area contributed by atoms with Crippen molar-refractivity contribution in [2.24, 2.45) is 11.8 Å². The van der Waals surface area contributed by atoms with Crippen molar-refractivity contribution in [3.63, 3.8) is 0 Å². The van der Waals surface area contributed by atoms with E-state index in [1.165, 1.54) is 6.92 Å². The molecule has 14 heavy (non-hydrogen) atoms. The van der Waals surface area contributed by atoms with Gasteiger partial charge < -0.3 is 9.47 Å². The summed E-state index contributed by atoms with van der Waals surface area (Å²) in [4.78, 5) is 10.6. The maximum absolute atomic E-state index is 10.6. The molecule has 0 aromatic rings. The van der Waals surface area contributed by atoms with Gasteiger partial charge in [-0.15, -0.1) is 0 Å². The zero-order chi connectivity index (χ0) is 11.1. The normalized spacial score (nSPS) is 12.4. The smallest absolute Gasteiger partial charge is 0.302 e. The van der Waals surface area contributed by atoms with Gasteiger partial charge >= 0.3 is 5.97 Å². The molecule has 0 saturated heterocycles. The number of allylic oxidation sites excluding steroid dienone is 1. The molecule has 0 heterocycles. The highest BCUT2D eigenvalue weighted by atomic mass is 16.5. The number of carbonyl (C=O) groups excluding carboxylic acids is 1. The lowest BCUT2D eigenvalue weighted by molar-refractivity contribution is -0.143. The van der Waals surface area contributed by atoms with Crippen LogP contribution in [0.1, 0.15) is 27.7 Å². The van der Waals surface area contributed by atoms with Crippen LogP contribution in [0, 0.1) is 11.8 Å². The second kappa shape index (κ2) is 6.46. The van der Waals surface area contributed by atoms with Crippen LogP contribution in [0.4, 0.5) is 0 Å². The van der Waals surface area contributed by atoms with Crippen LogP contribution in [0.25, 0.3) is 0 Å². The van der Waals surface area contributed by atoms with E-state index in [0.29, 0.717) is 24.9 Å². The Morgan fingerprint density at radius 2 is 1.71 bits per heavy atom. The maximum atomic E-state index is 10.6. The fourth-order valence-electron chi connectivity index (χ4n) is 0.907. The van der Waals surface area contributed by atoms with Crippen LogP contribution in [-0.2, 0) is 14.3 Å². The maximum Gasteiger partial charge on any atom is 0.302 e. The van der Waals surface area contributed by atoms with Gasteiger partial charge in [0.25, 0.3) is 0 Å². The van der Waals surface area contributed by atoms with E-state index in [0.717, 1.165) is 0 Å². The number of esters is 1. The second-order valence-corrected chi connectivity index (χ2v) is 3.82. The molecule has 0 fully saturated rings. The third kappa shape index (κ3) is 6.52. The Morgan fingerprint density at radius 1 is 1.21 bits per heavy atom. The van der Waals surface area contributed by atoms with Crippen LogP contribution in [0.5, 0.6) is 0 Å². The predicted molar refractivity (Wildman–Crippen MR) is 55.7 cm³/mol. The van der Waals surface area contributed by atoms with Crippen molar-refractivity contribution in [1.82, 2.24) is 0 Å². The number of ether oxygens (including phenoxy) is 2. The lowest BCUT2D eigenvalue weighted by Crippen LogP contribution is -2.22. The summed E-state index contributed by atoms with van der Waals surface area (Å²) in [5.74, 6) is 1.11. The van der Waals surface area contributed by atoms with E-state index in [1.54, 1.807) is 0 Å². The Bertz CT molecular complexity index is 179. The lowest BCUT2D eigenvalue weighted by atomic mass is 9.98. The first-order chi connectivity index (χ1) is 6.43. The first-order valence-electron chi connectivity index (χ1n) is 4.85. The molecular formula is C11H20O3. The first kappa shape index (κ1) is 13.0. The molecule has 0 aliphatic rings. The zero-order valence-electron chi connectivity index (χ0n) is 9.50. The predicted octanol–water partition coefficient (Wildman–Crippen LogP) is 2.37. The second-order valence-electron chi connectivity index (χ2n) is 3.82. The number of rotatable bonds is 6. The van der Waals surface area contributed by atoms with Crippen molar-refractivity contribution in [1.29, 1.82) is 0 Å². The Balaban J connectivity index is 3.89. The van der Waals surface area contributed by atoms with Crippen molar-refractivity contribution in [2.45, 2.75) is 27.7 Å². The van der Waals surface area contributed by atoms with Crippen LogP contribution in [0.15, 0.2) is 12.3 Å². The molecule has 0 bridgehead atoms. The van der Waals surface area contributed by atoms with Crippen molar-refractivity contribution < 1.29 is 14.3 Å². The van der Waals surface area contributed by atoms with Crippen LogP contribution < -0.4 is 0 Å². The first-order valence-corrected chi connectivity index (χ1v) is 4.85. The average molecular weight is 200 g/mol. The molecule has 1 atom stereocenters. The van der Waals surface area contributed by atoms with Crippen LogP contribution in [0.2, 0.25) is 0 Å². The van der Waals surface area contributed by atoms with E-state index >= 15 is 0 Å². The Morgan fingerprint density at radius 3 is 2.07 bits per heavy atom. The lowest BCUT2D eigenvalue weighted by Gasteiger charge is -2.20. The molecule has 0 aromatic heterocycles. The van der Waals surface area contributed by atoms with Gasteiger partial charge in [0.05, 0.1) is 19.0 Å². The van der Waals surface area contributed by atoms with Crippen molar-refractivity contribution in [2.75, 3.05) is 13.2 Å². The molecule has 0 amide bonds. The van der Waals surface area contributed by atoms with Crippen molar-refractivity contribution >= 4 is 5.97 Å². The van der Waals surface area contributed by atoms with Gasteiger partial charge in [-0.3, -0.25) is 4.79 Å². The zero-order valence-corrected chi connectivity index (χ0v) is 9.50. The summed E-state index contributed by atoms with van der Waals surface area (Å²) in [5, 5.41) is 0. The average Bonchev–Trinajstić information content (AvgIpc) is 2.02. The molecule has 82 valence electrons. The molecule has 0 spiro atoms. The Kier molecular flexibility index (Phi) is 6.00. The molecule has 3 heteroatoms. The summed E-state index contributed by atoms with van der Waals surface area (Å²) in [7, 11) is 0. The quantitative estimate of drug-likeness (QED) is 0.488. The Labute approximate surface area is 86.1 Å². The third-order valence-corrected chi connectivity index (χ3v) is 1.99. The standard InChI is InChI=1S/C11H20O3/c1-8(2)11(6-13-9(3)4)7-14-10(5)12/h8,11H,3,6-7H2,1-2,4-5H3. The molecule has 0 N–H and O–H groups in total. The fraction of sp³-hybridized carbons (Fsp3) is 0.727. The molecule has 0 rings (SSSR count). The number of hydrogen-bond donors (Lipinski definition) is 0. The highest BCUT2D eigenvalue weighted by Gasteiger charge is 2.15. The molecule has 3 nitrogen and oxygen atoms in total. The molecule has 0 saturated carbocycles. The number of hydrogen-bond acceptors (Lipinski definition) is 3. The van der Waals surface area contributed by atoms with E-state index in [9.17, 15) is 4.79 Å². The van der Waals surface area contributed by atoms with E-state index in [1.807, 2.05) is 6.92 Å². The van der Waals surface area contributed by atoms with E-state index in [-0.39, 0.29) is 11.9 Å². The van der Waals surface area contributed by atoms with Gasteiger partial charge in [-0.2, -0.15) is 0 Å². The highest BCUT2D eigenvalue weighted by Crippen LogP contribution is 2.13. The van der Waals surface area contributed by atoms with E-state index < -0.39 is 0 Å². The molecule has 0 aromatic carbocycles. The summed E-state index contributed by atoms with van der Waals surface area (Å²) >= 11 is 0. The highest BCUT2D eigenvalue weighted by molar-refractivity contribution is 5.65. The largest absolute Gasteiger partial charge is 0.498 e. The monoisotopic (exact) mass is 200 g/mol. The summed E-state index contributed by atoms with van der Waals surface area (Å²) in [6.07, 6.45) is 0. The SMILES string of the molecule is C=C(C)OCC(COC(C)=O)C(C)C. The summed E-state index contributed by atoms with van der Waals surface area (Å²) in [5.41, 5.74) is 0. The molecule has 0 aliphatic carbocycles. The Hall–Kier alpha value is -0.990. The van der Waals surface area contributed by atoms with E-state index in [2.05, 4.69) is 20.4 Å². The van der Waals surface area contributed by atoms with Gasteiger partial charge in [-0.25, -0.2) is 0 Å². The van der Waals surface area contributed by atoms with E-state index in [4.69, 9.17) is 9.47 Å². The fourth-order valence-corrected chi connectivity index (χ4v) is 0.907. The van der Waals surface area contributed by atoms with Crippen LogP contribution in [-0.4, -0.2) is 19.2 Å². The van der Waals surface area contributed by atoms with Crippen LogP contribution in [0.3, 0.4) is 0 Å². The third-order valence-electron chi connectivity index (χ3n) is 1.99. The molecular weight excluding hydrogens is 180 g/mol. The van der Waals surface area contributed by atoms with Crippen molar-refractivity contribution in [3.05, 3.63) is 12.3 Å².